The number of amides is 2. The van der Waals surface area contributed by atoms with Crippen LogP contribution in [0.1, 0.15) is 44.1 Å². The van der Waals surface area contributed by atoms with Crippen molar-refractivity contribution in [2.45, 2.75) is 51.0 Å². The van der Waals surface area contributed by atoms with Crippen LogP contribution in [-0.4, -0.2) is 60.4 Å². The molecule has 0 spiro atoms. The molecule has 29 heavy (non-hydrogen) atoms. The number of carbonyl (C=O) groups excluding carboxylic acids is 2. The summed E-state index contributed by atoms with van der Waals surface area (Å²) in [5, 5.41) is 3.66. The molecule has 0 saturated carbocycles. The van der Waals surface area contributed by atoms with Gasteiger partial charge in [0.25, 0.3) is 0 Å². The number of piperidine rings is 2. The number of hydrogen-bond donors (Lipinski definition) is 1. The van der Waals surface area contributed by atoms with Crippen molar-refractivity contribution >= 4 is 11.8 Å². The van der Waals surface area contributed by atoms with E-state index in [0.29, 0.717) is 35.8 Å². The predicted molar refractivity (Wildman–Crippen MR) is 110 cm³/mol. The number of likely N-dealkylation sites (tertiary alicyclic amines) is 2. The van der Waals surface area contributed by atoms with Crippen LogP contribution in [0.15, 0.2) is 24.3 Å². The average molecular weight is 402 g/mol. The van der Waals surface area contributed by atoms with E-state index < -0.39 is 0 Å². The van der Waals surface area contributed by atoms with Crippen molar-refractivity contribution in [1.82, 2.24) is 15.1 Å². The van der Waals surface area contributed by atoms with Gasteiger partial charge >= 0.3 is 0 Å². The van der Waals surface area contributed by atoms with Gasteiger partial charge in [0, 0.05) is 38.6 Å². The van der Waals surface area contributed by atoms with Crippen LogP contribution in [0.2, 0.25) is 0 Å². The molecule has 5 nitrogen and oxygen atoms in total. The first-order valence-corrected chi connectivity index (χ1v) is 11.1. The lowest BCUT2D eigenvalue weighted by atomic mass is 9.79. The lowest BCUT2D eigenvalue weighted by molar-refractivity contribution is -0.134. The van der Waals surface area contributed by atoms with Crippen molar-refractivity contribution in [3.63, 3.8) is 0 Å². The van der Waals surface area contributed by atoms with Gasteiger partial charge in [-0.25, -0.2) is 4.39 Å². The van der Waals surface area contributed by atoms with Gasteiger partial charge < -0.3 is 15.1 Å². The number of nitrogens with zero attached hydrogens (tertiary/aromatic N) is 2. The topological polar surface area (TPSA) is 52.7 Å². The largest absolute Gasteiger partial charge is 0.343 e. The number of hydrogen-bond acceptors (Lipinski definition) is 3. The minimum absolute atomic E-state index is 0.0228. The summed E-state index contributed by atoms with van der Waals surface area (Å²) in [5.74, 6) is 0.909. The molecule has 0 unspecified atom stereocenters. The lowest BCUT2D eigenvalue weighted by Gasteiger charge is -2.46. The standard InChI is InChI=1S/C23H32FN3O2/c24-20-7-2-1-6-18(20)13-23(29)27-15-17-12-19(16-27)21(25-14-17)8-5-9-22(28)26-10-3-4-11-26/h1-2,6-7,17,19,21,25H,3-5,8-16H2/t17-,19+,21+/m0/s1. The van der Waals surface area contributed by atoms with E-state index in [-0.39, 0.29) is 18.1 Å². The smallest absolute Gasteiger partial charge is 0.227 e. The van der Waals surface area contributed by atoms with Gasteiger partial charge in [0.2, 0.25) is 11.8 Å². The van der Waals surface area contributed by atoms with Crippen molar-refractivity contribution in [3.05, 3.63) is 35.6 Å². The second-order valence-corrected chi connectivity index (χ2v) is 8.92. The number of nitrogens with one attached hydrogen (secondary N) is 1. The van der Waals surface area contributed by atoms with Crippen LogP contribution < -0.4 is 5.32 Å². The molecule has 1 N–H and O–H groups in total. The first-order chi connectivity index (χ1) is 14.1. The lowest BCUT2D eigenvalue weighted by Crippen LogP contribution is -2.57. The number of halogens is 1. The summed E-state index contributed by atoms with van der Waals surface area (Å²) < 4.78 is 13.9. The second kappa shape index (κ2) is 9.24. The highest BCUT2D eigenvalue weighted by molar-refractivity contribution is 5.79. The molecule has 3 aliphatic rings. The van der Waals surface area contributed by atoms with Gasteiger partial charge in [-0.1, -0.05) is 18.2 Å². The number of carbonyl (C=O) groups is 2. The summed E-state index contributed by atoms with van der Waals surface area (Å²) in [5.41, 5.74) is 0.475. The van der Waals surface area contributed by atoms with Crippen LogP contribution in [0.3, 0.4) is 0 Å². The molecule has 0 aromatic heterocycles. The van der Waals surface area contributed by atoms with Crippen LogP contribution in [-0.2, 0) is 16.0 Å². The molecule has 2 bridgehead atoms. The molecule has 6 heteroatoms. The maximum Gasteiger partial charge on any atom is 0.227 e. The Labute approximate surface area is 172 Å². The average Bonchev–Trinajstić information content (AvgIpc) is 3.26. The van der Waals surface area contributed by atoms with Crippen LogP contribution in [0.25, 0.3) is 0 Å². The summed E-state index contributed by atoms with van der Waals surface area (Å²) in [6.07, 6.45) is 6.05. The fourth-order valence-electron chi connectivity index (χ4n) is 5.23. The van der Waals surface area contributed by atoms with E-state index in [9.17, 15) is 14.0 Å². The Bertz CT molecular complexity index is 735. The van der Waals surface area contributed by atoms with Crippen LogP contribution in [0.4, 0.5) is 4.39 Å². The second-order valence-electron chi connectivity index (χ2n) is 8.92. The third-order valence-corrected chi connectivity index (χ3v) is 6.82. The van der Waals surface area contributed by atoms with Crippen molar-refractivity contribution < 1.29 is 14.0 Å². The van der Waals surface area contributed by atoms with Gasteiger partial charge in [0.15, 0.2) is 0 Å². The molecule has 1 aromatic carbocycles. The Morgan fingerprint density at radius 2 is 1.86 bits per heavy atom. The fraction of sp³-hybridized carbons (Fsp3) is 0.652. The summed E-state index contributed by atoms with van der Waals surface area (Å²) in [6.45, 7) is 4.26. The molecule has 3 atom stereocenters. The van der Waals surface area contributed by atoms with Crippen molar-refractivity contribution in [1.29, 1.82) is 0 Å². The molecule has 3 aliphatic heterocycles. The zero-order valence-electron chi connectivity index (χ0n) is 17.1. The number of rotatable bonds is 6. The van der Waals surface area contributed by atoms with Crippen LogP contribution >= 0.6 is 0 Å². The maximum absolute atomic E-state index is 13.9. The molecule has 1 aromatic rings. The highest BCUT2D eigenvalue weighted by Crippen LogP contribution is 2.31. The van der Waals surface area contributed by atoms with E-state index in [1.165, 1.54) is 6.07 Å². The first-order valence-electron chi connectivity index (χ1n) is 11.1. The molecule has 3 heterocycles. The molecule has 3 saturated heterocycles. The van der Waals surface area contributed by atoms with Gasteiger partial charge in [-0.05, 0) is 62.1 Å². The SMILES string of the molecule is O=C(CCC[C@H]1NC[C@@H]2C[C@@H]1CN(C(=O)Cc1ccccc1F)C2)N1CCCC1. The zero-order chi connectivity index (χ0) is 20.2. The molecule has 0 aliphatic carbocycles. The molecular weight excluding hydrogens is 369 g/mol. The van der Waals surface area contributed by atoms with E-state index in [0.717, 1.165) is 64.8 Å². The molecule has 3 fully saturated rings. The summed E-state index contributed by atoms with van der Waals surface area (Å²) in [4.78, 5) is 29.0. The quantitative estimate of drug-likeness (QED) is 0.797. The Morgan fingerprint density at radius 1 is 1.07 bits per heavy atom. The van der Waals surface area contributed by atoms with Gasteiger partial charge in [0.05, 0.1) is 6.42 Å². The Morgan fingerprint density at radius 3 is 2.66 bits per heavy atom. The first kappa shape index (κ1) is 20.3. The highest BCUT2D eigenvalue weighted by atomic mass is 19.1. The van der Waals surface area contributed by atoms with Gasteiger partial charge in [-0.2, -0.15) is 0 Å². The van der Waals surface area contributed by atoms with E-state index >= 15 is 0 Å². The molecule has 158 valence electrons. The normalized spacial score (nSPS) is 26.6. The van der Waals surface area contributed by atoms with Crippen molar-refractivity contribution in [2.24, 2.45) is 11.8 Å². The van der Waals surface area contributed by atoms with E-state index in [4.69, 9.17) is 0 Å². The Kier molecular flexibility index (Phi) is 6.48. The summed E-state index contributed by atoms with van der Waals surface area (Å²) in [6, 6.07) is 6.90. The van der Waals surface area contributed by atoms with Gasteiger partial charge in [0.1, 0.15) is 5.82 Å². The number of benzene rings is 1. The van der Waals surface area contributed by atoms with Gasteiger partial charge in [-0.15, -0.1) is 0 Å². The fourth-order valence-corrected chi connectivity index (χ4v) is 5.23. The van der Waals surface area contributed by atoms with E-state index in [1.807, 2.05) is 9.80 Å². The molecular formula is C23H32FN3O2. The van der Waals surface area contributed by atoms with Crippen molar-refractivity contribution in [3.8, 4) is 0 Å². The Hall–Kier alpha value is -1.95. The third-order valence-electron chi connectivity index (χ3n) is 6.82. The summed E-state index contributed by atoms with van der Waals surface area (Å²) >= 11 is 0. The Balaban J connectivity index is 1.28. The number of fused-ring (bicyclic) bond motifs is 2. The molecule has 0 radical (unpaired) electrons. The molecule has 2 amide bonds. The maximum atomic E-state index is 13.9. The van der Waals surface area contributed by atoms with E-state index in [2.05, 4.69) is 5.32 Å². The third kappa shape index (κ3) is 4.97. The zero-order valence-corrected chi connectivity index (χ0v) is 17.1. The minimum atomic E-state index is -0.305. The predicted octanol–water partition coefficient (Wildman–Crippen LogP) is 2.60. The van der Waals surface area contributed by atoms with Crippen LogP contribution in [0.5, 0.6) is 0 Å². The minimum Gasteiger partial charge on any atom is -0.343 e. The highest BCUT2D eigenvalue weighted by Gasteiger charge is 2.37. The van der Waals surface area contributed by atoms with E-state index in [1.54, 1.807) is 18.2 Å². The van der Waals surface area contributed by atoms with Gasteiger partial charge in [-0.3, -0.25) is 9.59 Å². The van der Waals surface area contributed by atoms with Crippen molar-refractivity contribution in [2.75, 3.05) is 32.7 Å². The monoisotopic (exact) mass is 401 g/mol. The van der Waals surface area contributed by atoms with Crippen LogP contribution in [0, 0.1) is 17.7 Å². The summed E-state index contributed by atoms with van der Waals surface area (Å²) in [7, 11) is 0. The molecule has 4 rings (SSSR count).